The smallest absolute Gasteiger partial charge is 0.124 e. The molecule has 3 N–H and O–H groups in total. The number of hydrogen-bond donors (Lipinski definition) is 2. The molecule has 102 valence electrons. The third-order valence-corrected chi connectivity index (χ3v) is 3.39. The van der Waals surface area contributed by atoms with Crippen LogP contribution < -0.4 is 11.3 Å². The minimum absolute atomic E-state index is 0.0630. The van der Waals surface area contributed by atoms with E-state index in [4.69, 9.17) is 21.9 Å². The summed E-state index contributed by atoms with van der Waals surface area (Å²) in [5.74, 6) is 6.13. The molecule has 1 atom stereocenters. The van der Waals surface area contributed by atoms with Crippen molar-refractivity contribution in [2.45, 2.75) is 25.3 Å². The van der Waals surface area contributed by atoms with Gasteiger partial charge in [-0.3, -0.25) is 11.3 Å². The lowest BCUT2D eigenvalue weighted by atomic mass is 10.0. The molecule has 0 aliphatic heterocycles. The van der Waals surface area contributed by atoms with Crippen molar-refractivity contribution in [1.29, 1.82) is 0 Å². The summed E-state index contributed by atoms with van der Waals surface area (Å²) in [5, 5.41) is 0.429. The summed E-state index contributed by atoms with van der Waals surface area (Å²) < 4.78 is 18.2. The Kier molecular flexibility index (Phi) is 4.96. The second-order valence-electron chi connectivity index (χ2n) is 4.42. The molecule has 2 aromatic rings. The highest BCUT2D eigenvalue weighted by molar-refractivity contribution is 6.31. The Balaban J connectivity index is 1.94. The Morgan fingerprint density at radius 3 is 2.84 bits per heavy atom. The normalized spacial score (nSPS) is 12.6. The SMILES string of the molecule is NNC(CCc1ccco1)Cc1ccc(F)cc1Cl. The number of hydrazine groups is 1. The van der Waals surface area contributed by atoms with Gasteiger partial charge in [-0.15, -0.1) is 0 Å². The van der Waals surface area contributed by atoms with E-state index in [0.717, 1.165) is 24.2 Å². The molecule has 1 heterocycles. The number of hydrogen-bond acceptors (Lipinski definition) is 3. The fourth-order valence-corrected chi connectivity index (χ4v) is 2.21. The Morgan fingerprint density at radius 1 is 1.37 bits per heavy atom. The number of halogens is 2. The van der Waals surface area contributed by atoms with Crippen molar-refractivity contribution in [1.82, 2.24) is 5.43 Å². The van der Waals surface area contributed by atoms with E-state index in [1.165, 1.54) is 12.1 Å². The van der Waals surface area contributed by atoms with Crippen LogP contribution in [0.5, 0.6) is 0 Å². The van der Waals surface area contributed by atoms with Crippen LogP contribution in [0.15, 0.2) is 41.0 Å². The molecular formula is C14H16ClFN2O. The third-order valence-electron chi connectivity index (χ3n) is 3.04. The average molecular weight is 283 g/mol. The van der Waals surface area contributed by atoms with E-state index >= 15 is 0 Å². The number of rotatable bonds is 6. The van der Waals surface area contributed by atoms with Gasteiger partial charge in [-0.1, -0.05) is 17.7 Å². The lowest BCUT2D eigenvalue weighted by Gasteiger charge is -2.16. The minimum Gasteiger partial charge on any atom is -0.469 e. The molecule has 0 radical (unpaired) electrons. The maximum Gasteiger partial charge on any atom is 0.124 e. The average Bonchev–Trinajstić information content (AvgIpc) is 2.90. The molecule has 0 saturated carbocycles. The zero-order chi connectivity index (χ0) is 13.7. The van der Waals surface area contributed by atoms with Gasteiger partial charge in [-0.2, -0.15) is 0 Å². The number of aryl methyl sites for hydroxylation is 1. The van der Waals surface area contributed by atoms with E-state index in [1.807, 2.05) is 12.1 Å². The molecule has 5 heteroatoms. The molecule has 1 aromatic heterocycles. The van der Waals surface area contributed by atoms with Gasteiger partial charge >= 0.3 is 0 Å². The molecule has 0 aliphatic carbocycles. The van der Waals surface area contributed by atoms with Crippen molar-refractivity contribution in [2.24, 2.45) is 5.84 Å². The first-order valence-electron chi connectivity index (χ1n) is 6.11. The highest BCUT2D eigenvalue weighted by Crippen LogP contribution is 2.20. The standard InChI is InChI=1S/C14H16ClFN2O/c15-14-9-11(16)4-3-10(14)8-12(18-17)5-6-13-2-1-7-19-13/h1-4,7,9,12,18H,5-6,8,17H2. The van der Waals surface area contributed by atoms with Gasteiger partial charge < -0.3 is 4.42 Å². The summed E-state index contributed by atoms with van der Waals surface area (Å²) >= 11 is 6.00. The Bertz CT molecular complexity index is 516. The predicted molar refractivity (Wildman–Crippen MR) is 73.3 cm³/mol. The number of nitrogens with one attached hydrogen (secondary N) is 1. The van der Waals surface area contributed by atoms with E-state index < -0.39 is 0 Å². The van der Waals surface area contributed by atoms with Gasteiger partial charge in [-0.25, -0.2) is 4.39 Å². The summed E-state index contributed by atoms with van der Waals surface area (Å²) in [6.45, 7) is 0. The maximum absolute atomic E-state index is 13.0. The first-order chi connectivity index (χ1) is 9.19. The van der Waals surface area contributed by atoms with Gasteiger partial charge in [-0.05, 0) is 42.7 Å². The van der Waals surface area contributed by atoms with Crippen molar-refractivity contribution >= 4 is 11.6 Å². The summed E-state index contributed by atoms with van der Waals surface area (Å²) in [7, 11) is 0. The van der Waals surface area contributed by atoms with Crippen LogP contribution in [0, 0.1) is 5.82 Å². The summed E-state index contributed by atoms with van der Waals surface area (Å²) in [6.07, 6.45) is 3.91. The first-order valence-corrected chi connectivity index (χ1v) is 6.49. The second-order valence-corrected chi connectivity index (χ2v) is 4.83. The third kappa shape index (κ3) is 4.06. The van der Waals surface area contributed by atoms with E-state index in [0.29, 0.717) is 11.4 Å². The van der Waals surface area contributed by atoms with Crippen LogP contribution in [-0.2, 0) is 12.8 Å². The zero-order valence-electron chi connectivity index (χ0n) is 10.4. The van der Waals surface area contributed by atoms with Gasteiger partial charge in [0.25, 0.3) is 0 Å². The number of benzene rings is 1. The van der Waals surface area contributed by atoms with Crippen LogP contribution in [0.4, 0.5) is 4.39 Å². The lowest BCUT2D eigenvalue weighted by Crippen LogP contribution is -2.37. The second kappa shape index (κ2) is 6.70. The topological polar surface area (TPSA) is 51.2 Å². The Hall–Kier alpha value is -1.36. The predicted octanol–water partition coefficient (Wildman–Crippen LogP) is 3.08. The summed E-state index contributed by atoms with van der Waals surface area (Å²) in [5.41, 5.74) is 3.64. The molecular weight excluding hydrogens is 267 g/mol. The Labute approximate surface area is 116 Å². The first kappa shape index (κ1) is 14.1. The van der Waals surface area contributed by atoms with Crippen molar-refractivity contribution in [3.05, 3.63) is 58.8 Å². The molecule has 0 fully saturated rings. The maximum atomic E-state index is 13.0. The molecule has 2 rings (SSSR count). The van der Waals surface area contributed by atoms with Crippen molar-refractivity contribution in [3.63, 3.8) is 0 Å². The minimum atomic E-state index is -0.332. The van der Waals surface area contributed by atoms with E-state index in [-0.39, 0.29) is 11.9 Å². The number of furan rings is 1. The van der Waals surface area contributed by atoms with E-state index in [1.54, 1.807) is 12.3 Å². The molecule has 1 aromatic carbocycles. The van der Waals surface area contributed by atoms with E-state index in [9.17, 15) is 4.39 Å². The van der Waals surface area contributed by atoms with Gasteiger partial charge in [0.2, 0.25) is 0 Å². The van der Waals surface area contributed by atoms with Gasteiger partial charge in [0, 0.05) is 17.5 Å². The molecule has 0 aliphatic rings. The molecule has 3 nitrogen and oxygen atoms in total. The van der Waals surface area contributed by atoms with E-state index in [2.05, 4.69) is 5.43 Å². The Morgan fingerprint density at radius 2 is 2.21 bits per heavy atom. The van der Waals surface area contributed by atoms with Crippen LogP contribution in [0.1, 0.15) is 17.7 Å². The van der Waals surface area contributed by atoms with Crippen molar-refractivity contribution in [2.75, 3.05) is 0 Å². The molecule has 0 saturated heterocycles. The van der Waals surface area contributed by atoms with Crippen molar-refractivity contribution in [3.8, 4) is 0 Å². The van der Waals surface area contributed by atoms with Gasteiger partial charge in [0.05, 0.1) is 6.26 Å². The zero-order valence-corrected chi connectivity index (χ0v) is 11.2. The summed E-state index contributed by atoms with van der Waals surface area (Å²) in [6, 6.07) is 8.26. The van der Waals surface area contributed by atoms with Crippen LogP contribution in [0.2, 0.25) is 5.02 Å². The van der Waals surface area contributed by atoms with Gasteiger partial charge in [0.15, 0.2) is 0 Å². The molecule has 1 unspecified atom stereocenters. The molecule has 0 bridgehead atoms. The fourth-order valence-electron chi connectivity index (χ4n) is 1.97. The monoisotopic (exact) mass is 282 g/mol. The van der Waals surface area contributed by atoms with Gasteiger partial charge in [0.1, 0.15) is 11.6 Å². The molecule has 0 amide bonds. The molecule has 19 heavy (non-hydrogen) atoms. The van der Waals surface area contributed by atoms with Crippen LogP contribution in [0.3, 0.4) is 0 Å². The lowest BCUT2D eigenvalue weighted by molar-refractivity contribution is 0.447. The largest absolute Gasteiger partial charge is 0.469 e. The van der Waals surface area contributed by atoms with Crippen molar-refractivity contribution < 1.29 is 8.81 Å². The van der Waals surface area contributed by atoms with Crippen LogP contribution in [-0.4, -0.2) is 6.04 Å². The number of nitrogens with two attached hydrogens (primary N) is 1. The summed E-state index contributed by atoms with van der Waals surface area (Å²) in [4.78, 5) is 0. The van der Waals surface area contributed by atoms with Crippen LogP contribution >= 0.6 is 11.6 Å². The quantitative estimate of drug-likeness (QED) is 0.632. The molecule has 0 spiro atoms. The highest BCUT2D eigenvalue weighted by atomic mass is 35.5. The van der Waals surface area contributed by atoms with Crippen LogP contribution in [0.25, 0.3) is 0 Å². The fraction of sp³-hybridized carbons (Fsp3) is 0.286. The highest BCUT2D eigenvalue weighted by Gasteiger charge is 2.11.